The van der Waals surface area contributed by atoms with Crippen LogP contribution < -0.4 is 10.9 Å². The van der Waals surface area contributed by atoms with Crippen molar-refractivity contribution in [2.75, 3.05) is 18.5 Å². The molecule has 0 saturated carbocycles. The number of carbonyl (C=O) groups is 2. The molecule has 2 amide bonds. The van der Waals surface area contributed by atoms with E-state index in [0.29, 0.717) is 35.4 Å². The Morgan fingerprint density at radius 1 is 1.32 bits per heavy atom. The van der Waals surface area contributed by atoms with Crippen LogP contribution in [0.25, 0.3) is 5.65 Å². The highest BCUT2D eigenvalue weighted by atomic mass is 16.5. The molecule has 9 nitrogen and oxygen atoms in total. The lowest BCUT2D eigenvalue weighted by Gasteiger charge is -2.27. The summed E-state index contributed by atoms with van der Waals surface area (Å²) in [4.78, 5) is 43.2. The molecule has 0 aliphatic carbocycles. The molecular formula is C19H19N5O4. The number of rotatable bonds is 3. The van der Waals surface area contributed by atoms with Gasteiger partial charge in [-0.15, -0.1) is 0 Å². The molecule has 0 radical (unpaired) electrons. The van der Waals surface area contributed by atoms with Crippen molar-refractivity contribution in [2.24, 2.45) is 0 Å². The van der Waals surface area contributed by atoms with E-state index in [9.17, 15) is 14.4 Å². The summed E-state index contributed by atoms with van der Waals surface area (Å²) < 4.78 is 6.34. The van der Waals surface area contributed by atoms with Crippen molar-refractivity contribution in [3.63, 3.8) is 0 Å². The van der Waals surface area contributed by atoms with Gasteiger partial charge in [0.1, 0.15) is 0 Å². The number of carbonyl (C=O) groups excluding carboxylic acids is 2. The van der Waals surface area contributed by atoms with E-state index < -0.39 is 5.97 Å². The first-order valence-corrected chi connectivity index (χ1v) is 8.98. The first-order valence-electron chi connectivity index (χ1n) is 8.98. The molecule has 1 aromatic carbocycles. The number of nitrogens with zero attached hydrogens (tertiary/aromatic N) is 3. The second-order valence-electron chi connectivity index (χ2n) is 6.40. The molecule has 9 heteroatoms. The van der Waals surface area contributed by atoms with Gasteiger partial charge in [-0.2, -0.15) is 0 Å². The van der Waals surface area contributed by atoms with Gasteiger partial charge in [0, 0.05) is 30.9 Å². The number of esters is 1. The summed E-state index contributed by atoms with van der Waals surface area (Å²) in [5.41, 5.74) is 2.43. The molecule has 0 unspecified atom stereocenters. The van der Waals surface area contributed by atoms with Gasteiger partial charge in [0.05, 0.1) is 30.0 Å². The van der Waals surface area contributed by atoms with Gasteiger partial charge < -0.3 is 15.0 Å². The predicted molar refractivity (Wildman–Crippen MR) is 101 cm³/mol. The zero-order chi connectivity index (χ0) is 19.7. The summed E-state index contributed by atoms with van der Waals surface area (Å²) in [6.45, 7) is 2.63. The number of aromatic amines is 1. The van der Waals surface area contributed by atoms with E-state index in [0.717, 1.165) is 5.69 Å². The van der Waals surface area contributed by atoms with Crippen molar-refractivity contribution >= 4 is 23.3 Å². The second-order valence-corrected chi connectivity index (χ2v) is 6.40. The summed E-state index contributed by atoms with van der Waals surface area (Å²) >= 11 is 0. The maximum Gasteiger partial charge on any atom is 0.338 e. The molecule has 28 heavy (non-hydrogen) atoms. The zero-order valence-electron chi connectivity index (χ0n) is 15.3. The van der Waals surface area contributed by atoms with Crippen LogP contribution in [0, 0.1) is 0 Å². The predicted octanol–water partition coefficient (Wildman–Crippen LogP) is 1.79. The Morgan fingerprint density at radius 2 is 2.18 bits per heavy atom. The fourth-order valence-electron chi connectivity index (χ4n) is 3.23. The van der Waals surface area contributed by atoms with E-state index in [1.54, 1.807) is 48.4 Å². The number of ether oxygens (including phenoxy) is 1. The third-order valence-corrected chi connectivity index (χ3v) is 4.60. The van der Waals surface area contributed by atoms with E-state index >= 15 is 0 Å². The monoisotopic (exact) mass is 381 g/mol. The molecule has 1 aliphatic heterocycles. The van der Waals surface area contributed by atoms with Crippen molar-refractivity contribution in [3.05, 3.63) is 63.7 Å². The molecule has 144 valence electrons. The molecule has 0 bridgehead atoms. The number of nitrogens with one attached hydrogen (secondary N) is 2. The number of hydrogen-bond acceptors (Lipinski definition) is 5. The van der Waals surface area contributed by atoms with Gasteiger partial charge in [0.25, 0.3) is 5.56 Å². The highest BCUT2D eigenvalue weighted by Gasteiger charge is 2.25. The number of H-pyrrole nitrogens is 1. The Morgan fingerprint density at radius 3 is 3.00 bits per heavy atom. The quantitative estimate of drug-likeness (QED) is 0.673. The van der Waals surface area contributed by atoms with Gasteiger partial charge in [-0.1, -0.05) is 6.07 Å². The van der Waals surface area contributed by atoms with Crippen LogP contribution in [0.5, 0.6) is 0 Å². The van der Waals surface area contributed by atoms with E-state index in [1.165, 1.54) is 4.52 Å². The number of hydrogen-bond donors (Lipinski definition) is 2. The Kier molecular flexibility index (Phi) is 4.56. The lowest BCUT2D eigenvalue weighted by molar-refractivity contribution is 0.0526. The van der Waals surface area contributed by atoms with Crippen molar-refractivity contribution < 1.29 is 14.3 Å². The summed E-state index contributed by atoms with van der Waals surface area (Å²) in [5, 5.41) is 5.60. The highest BCUT2D eigenvalue weighted by Crippen LogP contribution is 2.17. The topological polar surface area (TPSA) is 109 Å². The molecule has 3 heterocycles. The number of benzene rings is 1. The van der Waals surface area contributed by atoms with Crippen LogP contribution in [0.2, 0.25) is 0 Å². The third-order valence-electron chi connectivity index (χ3n) is 4.60. The Balaban J connectivity index is 1.52. The van der Waals surface area contributed by atoms with Crippen molar-refractivity contribution in [1.82, 2.24) is 19.5 Å². The average molecular weight is 381 g/mol. The minimum atomic E-state index is -0.445. The minimum absolute atomic E-state index is 0.173. The van der Waals surface area contributed by atoms with Crippen LogP contribution in [-0.2, 0) is 17.7 Å². The first kappa shape index (κ1) is 17.8. The molecule has 0 saturated heterocycles. The lowest BCUT2D eigenvalue weighted by atomic mass is 10.1. The van der Waals surface area contributed by atoms with Gasteiger partial charge in [0.2, 0.25) is 0 Å². The number of anilines is 1. The maximum atomic E-state index is 12.7. The van der Waals surface area contributed by atoms with Crippen LogP contribution in [0.15, 0.2) is 41.3 Å². The van der Waals surface area contributed by atoms with Gasteiger partial charge in [0.15, 0.2) is 5.65 Å². The standard InChI is InChI=1S/C19H19N5O4/c1-2-28-18(26)12-4-3-5-13(10-12)21-19(27)23-9-7-15-14(11-23)17(25)24-16(22-15)6-8-20-24/h3-6,8,10,20H,2,7,9,11H2,1H3,(H,21,27). The third kappa shape index (κ3) is 3.22. The van der Waals surface area contributed by atoms with E-state index in [4.69, 9.17) is 4.74 Å². The minimum Gasteiger partial charge on any atom is -0.462 e. The molecule has 1 aliphatic rings. The van der Waals surface area contributed by atoms with Crippen LogP contribution in [-0.4, -0.2) is 44.7 Å². The number of urea groups is 1. The molecule has 0 spiro atoms. The fraction of sp³-hybridized carbons (Fsp3) is 0.263. The smallest absolute Gasteiger partial charge is 0.338 e. The van der Waals surface area contributed by atoms with E-state index in [1.807, 2.05) is 0 Å². The van der Waals surface area contributed by atoms with Crippen molar-refractivity contribution in [3.8, 4) is 0 Å². The first-order chi connectivity index (χ1) is 13.6. The normalized spacial score (nSPS) is 13.2. The molecule has 2 aromatic heterocycles. The largest absolute Gasteiger partial charge is 0.462 e. The molecule has 0 fully saturated rings. The van der Waals surface area contributed by atoms with Gasteiger partial charge >= 0.3 is 12.0 Å². The van der Waals surface area contributed by atoms with Gasteiger partial charge in [-0.05, 0) is 25.1 Å². The summed E-state index contributed by atoms with van der Waals surface area (Å²) in [5.74, 6) is -0.445. The summed E-state index contributed by atoms with van der Waals surface area (Å²) in [6, 6.07) is 7.94. The molecule has 2 N–H and O–H groups in total. The maximum absolute atomic E-state index is 12.7. The molecule has 0 atom stereocenters. The second kappa shape index (κ2) is 7.18. The molecule has 4 rings (SSSR count). The van der Waals surface area contributed by atoms with Crippen LogP contribution in [0.3, 0.4) is 0 Å². The Hall–Kier alpha value is -3.62. The Labute approximate surface area is 159 Å². The Bertz CT molecular complexity index is 1120. The summed E-state index contributed by atoms with van der Waals surface area (Å²) in [6.07, 6.45) is 2.15. The molecular weight excluding hydrogens is 362 g/mol. The molecule has 3 aromatic rings. The van der Waals surface area contributed by atoms with Crippen LogP contribution in [0.1, 0.15) is 28.5 Å². The van der Waals surface area contributed by atoms with Gasteiger partial charge in [-0.3, -0.25) is 9.89 Å². The SMILES string of the molecule is CCOC(=O)c1cccc(NC(=O)N2CCc3nc4cc[nH]n4c(=O)c3C2)c1. The highest BCUT2D eigenvalue weighted by molar-refractivity contribution is 5.94. The fourth-order valence-corrected chi connectivity index (χ4v) is 3.23. The van der Waals surface area contributed by atoms with Crippen LogP contribution in [0.4, 0.5) is 10.5 Å². The summed E-state index contributed by atoms with van der Waals surface area (Å²) in [7, 11) is 0. The number of amides is 2. The lowest BCUT2D eigenvalue weighted by Crippen LogP contribution is -2.42. The zero-order valence-corrected chi connectivity index (χ0v) is 15.3. The van der Waals surface area contributed by atoms with Crippen LogP contribution >= 0.6 is 0 Å². The van der Waals surface area contributed by atoms with Crippen molar-refractivity contribution in [2.45, 2.75) is 19.9 Å². The number of fused-ring (bicyclic) bond motifs is 2. The average Bonchev–Trinajstić information content (AvgIpc) is 3.17. The van der Waals surface area contributed by atoms with Gasteiger partial charge in [-0.25, -0.2) is 19.1 Å². The van der Waals surface area contributed by atoms with E-state index in [2.05, 4.69) is 15.4 Å². The van der Waals surface area contributed by atoms with E-state index in [-0.39, 0.29) is 24.7 Å². The number of aromatic nitrogens is 3. The van der Waals surface area contributed by atoms with Crippen molar-refractivity contribution in [1.29, 1.82) is 0 Å².